The van der Waals surface area contributed by atoms with Crippen LogP contribution >= 0.6 is 0 Å². The number of amides is 1. The molecular weight excluding hydrogens is 176 g/mol. The van der Waals surface area contributed by atoms with Gasteiger partial charge in [-0.1, -0.05) is 6.92 Å². The molecule has 0 saturated heterocycles. The Morgan fingerprint density at radius 2 is 2.21 bits per heavy atom. The number of benzene rings is 1. The number of primary amides is 1. The van der Waals surface area contributed by atoms with Crippen LogP contribution in [0.5, 0.6) is 0 Å². The van der Waals surface area contributed by atoms with Crippen molar-refractivity contribution >= 4 is 11.6 Å². The highest BCUT2D eigenvalue weighted by Gasteiger charge is 2.02. The number of hydrogen-bond acceptors (Lipinski definition) is 2. The van der Waals surface area contributed by atoms with E-state index in [4.69, 9.17) is 5.73 Å². The number of anilines is 1. The maximum absolute atomic E-state index is 10.9. The molecule has 3 nitrogen and oxygen atoms in total. The molecule has 0 atom stereocenters. The van der Waals surface area contributed by atoms with Gasteiger partial charge in [0.05, 0.1) is 0 Å². The quantitative estimate of drug-likeness (QED) is 0.765. The predicted molar refractivity (Wildman–Crippen MR) is 58.5 cm³/mol. The largest absolute Gasteiger partial charge is 0.385 e. The predicted octanol–water partition coefficient (Wildman–Crippen LogP) is 1.92. The van der Waals surface area contributed by atoms with Gasteiger partial charge in [-0.15, -0.1) is 0 Å². The van der Waals surface area contributed by atoms with Crippen LogP contribution in [0.1, 0.15) is 29.3 Å². The standard InChI is InChI=1S/C11H16N2O/c1-3-6-13-10-5-4-9(11(12)14)7-8(10)2/h4-5,7,13H,3,6H2,1-2H3,(H2,12,14). The minimum absolute atomic E-state index is 0.379. The van der Waals surface area contributed by atoms with Crippen LogP contribution in [0.25, 0.3) is 0 Å². The zero-order chi connectivity index (χ0) is 10.6. The summed E-state index contributed by atoms with van der Waals surface area (Å²) in [6, 6.07) is 5.44. The molecule has 0 spiro atoms. The molecule has 0 unspecified atom stereocenters. The Bertz CT molecular complexity index is 334. The Labute approximate surface area is 84.3 Å². The smallest absolute Gasteiger partial charge is 0.248 e. The molecule has 0 aromatic heterocycles. The minimum atomic E-state index is -0.379. The number of aryl methyl sites for hydroxylation is 1. The average Bonchev–Trinajstić information content (AvgIpc) is 2.15. The van der Waals surface area contributed by atoms with Gasteiger partial charge in [0.25, 0.3) is 0 Å². The van der Waals surface area contributed by atoms with Crippen LogP contribution in [-0.2, 0) is 0 Å². The molecule has 3 N–H and O–H groups in total. The highest BCUT2D eigenvalue weighted by atomic mass is 16.1. The van der Waals surface area contributed by atoms with E-state index in [0.717, 1.165) is 24.2 Å². The lowest BCUT2D eigenvalue weighted by atomic mass is 10.1. The highest BCUT2D eigenvalue weighted by molar-refractivity contribution is 5.93. The van der Waals surface area contributed by atoms with Gasteiger partial charge in [-0.05, 0) is 37.1 Å². The molecule has 0 fully saturated rings. The number of rotatable bonds is 4. The fourth-order valence-corrected chi connectivity index (χ4v) is 1.27. The third-order valence-corrected chi connectivity index (χ3v) is 2.08. The van der Waals surface area contributed by atoms with E-state index in [-0.39, 0.29) is 5.91 Å². The van der Waals surface area contributed by atoms with Crippen LogP contribution in [0.15, 0.2) is 18.2 Å². The normalized spacial score (nSPS) is 9.86. The van der Waals surface area contributed by atoms with Crippen molar-refractivity contribution < 1.29 is 4.79 Å². The third-order valence-electron chi connectivity index (χ3n) is 2.08. The Kier molecular flexibility index (Phi) is 3.51. The summed E-state index contributed by atoms with van der Waals surface area (Å²) in [5.41, 5.74) is 7.85. The van der Waals surface area contributed by atoms with Gasteiger partial charge >= 0.3 is 0 Å². The molecule has 0 aliphatic carbocycles. The Balaban J connectivity index is 2.84. The molecule has 0 heterocycles. The second-order valence-electron chi connectivity index (χ2n) is 3.32. The summed E-state index contributed by atoms with van der Waals surface area (Å²) in [4.78, 5) is 10.9. The number of carbonyl (C=O) groups is 1. The van der Waals surface area contributed by atoms with Crippen molar-refractivity contribution in [3.05, 3.63) is 29.3 Å². The first-order chi connectivity index (χ1) is 6.65. The molecule has 0 radical (unpaired) electrons. The van der Waals surface area contributed by atoms with Crippen LogP contribution < -0.4 is 11.1 Å². The molecule has 1 amide bonds. The summed E-state index contributed by atoms with van der Waals surface area (Å²) in [5, 5.41) is 3.28. The number of nitrogens with one attached hydrogen (secondary N) is 1. The summed E-state index contributed by atoms with van der Waals surface area (Å²) in [6.07, 6.45) is 1.08. The summed E-state index contributed by atoms with van der Waals surface area (Å²) in [5.74, 6) is -0.379. The zero-order valence-electron chi connectivity index (χ0n) is 8.63. The number of hydrogen-bond donors (Lipinski definition) is 2. The van der Waals surface area contributed by atoms with Crippen LogP contribution in [0.2, 0.25) is 0 Å². The van der Waals surface area contributed by atoms with Crippen molar-refractivity contribution in [2.24, 2.45) is 5.73 Å². The van der Waals surface area contributed by atoms with E-state index in [1.54, 1.807) is 12.1 Å². The van der Waals surface area contributed by atoms with E-state index in [9.17, 15) is 4.79 Å². The molecule has 14 heavy (non-hydrogen) atoms. The van der Waals surface area contributed by atoms with E-state index in [1.807, 2.05) is 13.0 Å². The molecule has 0 aliphatic rings. The maximum atomic E-state index is 10.9. The SMILES string of the molecule is CCCNc1ccc(C(N)=O)cc1C. The second-order valence-corrected chi connectivity index (χ2v) is 3.32. The van der Waals surface area contributed by atoms with E-state index in [0.29, 0.717) is 5.56 Å². The van der Waals surface area contributed by atoms with E-state index < -0.39 is 0 Å². The van der Waals surface area contributed by atoms with Gasteiger partial charge in [0.15, 0.2) is 0 Å². The van der Waals surface area contributed by atoms with Crippen LogP contribution in [0.4, 0.5) is 5.69 Å². The first kappa shape index (κ1) is 10.6. The maximum Gasteiger partial charge on any atom is 0.248 e. The lowest BCUT2D eigenvalue weighted by molar-refractivity contribution is 0.100. The van der Waals surface area contributed by atoms with Gasteiger partial charge in [0.2, 0.25) is 5.91 Å². The lowest BCUT2D eigenvalue weighted by Crippen LogP contribution is -2.11. The molecule has 1 rings (SSSR count). The average molecular weight is 192 g/mol. The van der Waals surface area contributed by atoms with E-state index in [2.05, 4.69) is 12.2 Å². The van der Waals surface area contributed by atoms with Crippen LogP contribution in [-0.4, -0.2) is 12.5 Å². The topological polar surface area (TPSA) is 55.1 Å². The van der Waals surface area contributed by atoms with Gasteiger partial charge in [-0.2, -0.15) is 0 Å². The van der Waals surface area contributed by atoms with Gasteiger partial charge in [-0.3, -0.25) is 4.79 Å². The van der Waals surface area contributed by atoms with Crippen molar-refractivity contribution in [3.63, 3.8) is 0 Å². The van der Waals surface area contributed by atoms with E-state index >= 15 is 0 Å². The molecule has 1 aromatic carbocycles. The van der Waals surface area contributed by atoms with E-state index in [1.165, 1.54) is 0 Å². The molecule has 1 aromatic rings. The van der Waals surface area contributed by atoms with Gasteiger partial charge in [-0.25, -0.2) is 0 Å². The van der Waals surface area contributed by atoms with Crippen molar-refractivity contribution in [2.45, 2.75) is 20.3 Å². The Morgan fingerprint density at radius 3 is 2.71 bits per heavy atom. The fraction of sp³-hybridized carbons (Fsp3) is 0.364. The minimum Gasteiger partial charge on any atom is -0.385 e. The van der Waals surface area contributed by atoms with Crippen molar-refractivity contribution in [1.29, 1.82) is 0 Å². The van der Waals surface area contributed by atoms with Gasteiger partial charge < -0.3 is 11.1 Å². The molecule has 76 valence electrons. The summed E-state index contributed by atoms with van der Waals surface area (Å²) < 4.78 is 0. The Hall–Kier alpha value is -1.51. The monoisotopic (exact) mass is 192 g/mol. The first-order valence-corrected chi connectivity index (χ1v) is 4.79. The molecular formula is C11H16N2O. The summed E-state index contributed by atoms with van der Waals surface area (Å²) in [6.45, 7) is 5.02. The van der Waals surface area contributed by atoms with Crippen molar-refractivity contribution in [3.8, 4) is 0 Å². The number of carbonyl (C=O) groups excluding carboxylic acids is 1. The molecule has 0 saturated carbocycles. The first-order valence-electron chi connectivity index (χ1n) is 4.79. The fourth-order valence-electron chi connectivity index (χ4n) is 1.27. The van der Waals surface area contributed by atoms with Gasteiger partial charge in [0, 0.05) is 17.8 Å². The third kappa shape index (κ3) is 2.49. The lowest BCUT2D eigenvalue weighted by Gasteiger charge is -2.08. The molecule has 0 bridgehead atoms. The van der Waals surface area contributed by atoms with Crippen LogP contribution in [0, 0.1) is 6.92 Å². The van der Waals surface area contributed by atoms with Crippen molar-refractivity contribution in [1.82, 2.24) is 0 Å². The Morgan fingerprint density at radius 1 is 1.50 bits per heavy atom. The molecule has 0 aliphatic heterocycles. The van der Waals surface area contributed by atoms with Gasteiger partial charge in [0.1, 0.15) is 0 Å². The summed E-state index contributed by atoms with van der Waals surface area (Å²) >= 11 is 0. The van der Waals surface area contributed by atoms with Crippen molar-refractivity contribution in [2.75, 3.05) is 11.9 Å². The highest BCUT2D eigenvalue weighted by Crippen LogP contribution is 2.15. The second kappa shape index (κ2) is 4.65. The zero-order valence-corrected chi connectivity index (χ0v) is 8.63. The van der Waals surface area contributed by atoms with Crippen LogP contribution in [0.3, 0.4) is 0 Å². The molecule has 3 heteroatoms. The summed E-state index contributed by atoms with van der Waals surface area (Å²) in [7, 11) is 0. The number of nitrogens with two attached hydrogens (primary N) is 1.